The van der Waals surface area contributed by atoms with E-state index in [1.165, 1.54) is 23.1 Å². The second-order valence-corrected chi connectivity index (χ2v) is 5.55. The average molecular weight is 284 g/mol. The number of hydrogen-bond acceptors (Lipinski definition) is 7. The molecule has 0 aliphatic heterocycles. The van der Waals surface area contributed by atoms with Crippen molar-refractivity contribution in [1.29, 1.82) is 0 Å². The molecule has 0 unspecified atom stereocenters. The Hall–Kier alpha value is -1.34. The molecule has 5 nitrogen and oxygen atoms in total. The van der Waals surface area contributed by atoms with Crippen LogP contribution in [0.1, 0.15) is 13.8 Å². The van der Waals surface area contributed by atoms with Crippen LogP contribution in [0.4, 0.5) is 0 Å². The largest absolute Gasteiger partial charge is 0.462 e. The van der Waals surface area contributed by atoms with E-state index in [0.717, 1.165) is 4.88 Å². The molecule has 0 atom stereocenters. The zero-order valence-corrected chi connectivity index (χ0v) is 11.6. The summed E-state index contributed by atoms with van der Waals surface area (Å²) >= 11 is 2.70. The number of ether oxygens (including phenoxy) is 1. The van der Waals surface area contributed by atoms with Gasteiger partial charge in [0.1, 0.15) is 5.75 Å². The van der Waals surface area contributed by atoms with E-state index in [9.17, 15) is 4.79 Å². The number of carbonyl (C=O) groups is 1. The Morgan fingerprint density at radius 3 is 3.06 bits per heavy atom. The topological polar surface area (TPSA) is 65.2 Å². The molecule has 2 aromatic rings. The molecule has 0 radical (unpaired) electrons. The van der Waals surface area contributed by atoms with Gasteiger partial charge < -0.3 is 9.15 Å². The molecular weight excluding hydrogens is 272 g/mol. The molecule has 0 fully saturated rings. The van der Waals surface area contributed by atoms with Crippen LogP contribution in [-0.2, 0) is 9.53 Å². The zero-order chi connectivity index (χ0) is 13.0. The summed E-state index contributed by atoms with van der Waals surface area (Å²) in [6.07, 6.45) is -0.109. The molecule has 7 heteroatoms. The summed E-state index contributed by atoms with van der Waals surface area (Å²) < 4.78 is 10.4. The van der Waals surface area contributed by atoms with E-state index in [0.29, 0.717) is 11.1 Å². The summed E-state index contributed by atoms with van der Waals surface area (Å²) in [6.45, 7) is 3.62. The van der Waals surface area contributed by atoms with Crippen molar-refractivity contribution < 1.29 is 13.9 Å². The van der Waals surface area contributed by atoms with Gasteiger partial charge in [-0.1, -0.05) is 17.8 Å². The standard InChI is InChI=1S/C11H12N2O3S2/c1-7(2)15-9(14)6-18-11-13-12-10(16-11)8-4-3-5-17-8/h3-5,7H,6H2,1-2H3. The van der Waals surface area contributed by atoms with Gasteiger partial charge >= 0.3 is 5.97 Å². The van der Waals surface area contributed by atoms with Crippen LogP contribution < -0.4 is 0 Å². The fraction of sp³-hybridized carbons (Fsp3) is 0.364. The van der Waals surface area contributed by atoms with Crippen molar-refractivity contribution in [2.24, 2.45) is 0 Å². The Kier molecular flexibility index (Phi) is 4.38. The van der Waals surface area contributed by atoms with E-state index in [4.69, 9.17) is 9.15 Å². The number of nitrogens with zero attached hydrogens (tertiary/aromatic N) is 2. The first kappa shape index (κ1) is 13.1. The smallest absolute Gasteiger partial charge is 0.316 e. The molecule has 2 aromatic heterocycles. The maximum absolute atomic E-state index is 11.3. The Morgan fingerprint density at radius 1 is 1.56 bits per heavy atom. The highest BCUT2D eigenvalue weighted by Gasteiger charge is 2.12. The molecule has 0 saturated heterocycles. The van der Waals surface area contributed by atoms with Gasteiger partial charge in [0.15, 0.2) is 0 Å². The average Bonchev–Trinajstić information content (AvgIpc) is 2.96. The molecule has 0 aliphatic rings. The van der Waals surface area contributed by atoms with Crippen molar-refractivity contribution in [3.63, 3.8) is 0 Å². The Balaban J connectivity index is 1.89. The monoisotopic (exact) mass is 284 g/mol. The van der Waals surface area contributed by atoms with Crippen LogP contribution >= 0.6 is 23.1 Å². The predicted molar refractivity (Wildman–Crippen MR) is 69.6 cm³/mol. The quantitative estimate of drug-likeness (QED) is 0.621. The van der Waals surface area contributed by atoms with Gasteiger partial charge in [0.25, 0.3) is 11.1 Å². The normalized spacial score (nSPS) is 10.8. The van der Waals surface area contributed by atoms with Gasteiger partial charge in [0, 0.05) is 0 Å². The Morgan fingerprint density at radius 2 is 2.39 bits per heavy atom. The molecule has 0 bridgehead atoms. The third-order valence-electron chi connectivity index (χ3n) is 1.82. The van der Waals surface area contributed by atoms with Crippen molar-refractivity contribution >= 4 is 29.1 Å². The lowest BCUT2D eigenvalue weighted by Gasteiger charge is -2.05. The number of thioether (sulfide) groups is 1. The van der Waals surface area contributed by atoms with Crippen LogP contribution in [0.2, 0.25) is 0 Å². The van der Waals surface area contributed by atoms with Crippen LogP contribution in [0.25, 0.3) is 10.8 Å². The van der Waals surface area contributed by atoms with Gasteiger partial charge in [-0.25, -0.2) is 0 Å². The highest BCUT2D eigenvalue weighted by molar-refractivity contribution is 7.99. The summed E-state index contributed by atoms with van der Waals surface area (Å²) in [4.78, 5) is 12.2. The number of carbonyl (C=O) groups excluding carboxylic acids is 1. The van der Waals surface area contributed by atoms with Crippen molar-refractivity contribution in [1.82, 2.24) is 10.2 Å². The van der Waals surface area contributed by atoms with Crippen molar-refractivity contribution in [2.45, 2.75) is 25.2 Å². The molecule has 0 saturated carbocycles. The molecule has 0 spiro atoms. The van der Waals surface area contributed by atoms with Crippen LogP contribution in [0.3, 0.4) is 0 Å². The van der Waals surface area contributed by atoms with E-state index in [1.807, 2.05) is 31.4 Å². The minimum absolute atomic E-state index is 0.109. The first-order valence-electron chi connectivity index (χ1n) is 5.35. The van der Waals surface area contributed by atoms with Gasteiger partial charge in [0.05, 0.1) is 11.0 Å². The summed E-state index contributed by atoms with van der Waals surface area (Å²) in [6, 6.07) is 3.82. The Bertz CT molecular complexity index is 508. The van der Waals surface area contributed by atoms with E-state index in [1.54, 1.807) is 0 Å². The molecule has 0 amide bonds. The third kappa shape index (κ3) is 3.58. The maximum atomic E-state index is 11.3. The summed E-state index contributed by atoms with van der Waals surface area (Å²) in [5, 5.41) is 10.1. The first-order chi connectivity index (χ1) is 8.65. The van der Waals surface area contributed by atoms with Gasteiger partial charge in [-0.15, -0.1) is 21.5 Å². The molecule has 2 heterocycles. The molecule has 0 N–H and O–H groups in total. The van der Waals surface area contributed by atoms with E-state index in [-0.39, 0.29) is 17.8 Å². The Labute approximate surface area is 113 Å². The van der Waals surface area contributed by atoms with Crippen molar-refractivity contribution in [3.05, 3.63) is 17.5 Å². The van der Waals surface area contributed by atoms with Crippen LogP contribution in [-0.4, -0.2) is 28.0 Å². The molecule has 2 rings (SSSR count). The fourth-order valence-corrected chi connectivity index (χ4v) is 2.38. The highest BCUT2D eigenvalue weighted by atomic mass is 32.2. The minimum Gasteiger partial charge on any atom is -0.462 e. The SMILES string of the molecule is CC(C)OC(=O)CSc1nnc(-c2cccs2)o1. The molecule has 0 aliphatic carbocycles. The van der Waals surface area contributed by atoms with Gasteiger partial charge in [-0.3, -0.25) is 4.79 Å². The zero-order valence-electron chi connectivity index (χ0n) is 9.95. The van der Waals surface area contributed by atoms with Gasteiger partial charge in [-0.2, -0.15) is 0 Å². The molecule has 18 heavy (non-hydrogen) atoms. The van der Waals surface area contributed by atoms with Crippen molar-refractivity contribution in [2.75, 3.05) is 5.75 Å². The van der Waals surface area contributed by atoms with E-state index in [2.05, 4.69) is 10.2 Å². The first-order valence-corrected chi connectivity index (χ1v) is 7.21. The van der Waals surface area contributed by atoms with Crippen LogP contribution in [0.5, 0.6) is 0 Å². The number of aromatic nitrogens is 2. The molecule has 96 valence electrons. The maximum Gasteiger partial charge on any atom is 0.316 e. The fourth-order valence-electron chi connectivity index (χ4n) is 1.19. The lowest BCUT2D eigenvalue weighted by molar-refractivity contribution is -0.144. The number of hydrogen-bond donors (Lipinski definition) is 0. The van der Waals surface area contributed by atoms with Crippen molar-refractivity contribution in [3.8, 4) is 10.8 Å². The van der Waals surface area contributed by atoms with E-state index < -0.39 is 0 Å². The third-order valence-corrected chi connectivity index (χ3v) is 3.47. The highest BCUT2D eigenvalue weighted by Crippen LogP contribution is 2.26. The minimum atomic E-state index is -0.286. The molecule has 0 aromatic carbocycles. The summed E-state index contributed by atoms with van der Waals surface area (Å²) in [5.41, 5.74) is 0. The van der Waals surface area contributed by atoms with Crippen LogP contribution in [0.15, 0.2) is 27.2 Å². The predicted octanol–water partition coefficient (Wildman–Crippen LogP) is 2.84. The lowest BCUT2D eigenvalue weighted by atomic mass is 10.5. The van der Waals surface area contributed by atoms with Gasteiger partial charge in [0.2, 0.25) is 0 Å². The number of esters is 1. The van der Waals surface area contributed by atoms with Crippen LogP contribution in [0, 0.1) is 0 Å². The van der Waals surface area contributed by atoms with Gasteiger partial charge in [-0.05, 0) is 25.3 Å². The number of rotatable bonds is 5. The summed E-state index contributed by atoms with van der Waals surface area (Å²) in [5.74, 6) is 0.361. The second-order valence-electron chi connectivity index (χ2n) is 3.68. The second kappa shape index (κ2) is 6.01. The van der Waals surface area contributed by atoms with E-state index >= 15 is 0 Å². The molecular formula is C11H12N2O3S2. The number of thiophene rings is 1. The lowest BCUT2D eigenvalue weighted by Crippen LogP contribution is -2.13. The summed E-state index contributed by atoms with van der Waals surface area (Å²) in [7, 11) is 0.